The van der Waals surface area contributed by atoms with Gasteiger partial charge in [0.2, 0.25) is 5.82 Å². The SMILES string of the molecule is CCOC(=O)[C@@H](C)Oc1ccc(C=Nn2c(-c3cc4cc(Cl)ccc4o3)nc3ccccc3c2=O)cc1I. The van der Waals surface area contributed by atoms with Gasteiger partial charge in [0.05, 0.1) is 27.3 Å². The summed E-state index contributed by atoms with van der Waals surface area (Å²) in [7, 11) is 0. The number of rotatable bonds is 7. The number of carbonyl (C=O) groups excluding carboxylic acids is 1. The Labute approximate surface area is 236 Å². The monoisotopic (exact) mass is 641 g/mol. The minimum Gasteiger partial charge on any atom is -0.478 e. The molecule has 0 fully saturated rings. The van der Waals surface area contributed by atoms with Crippen molar-refractivity contribution in [2.45, 2.75) is 20.0 Å². The van der Waals surface area contributed by atoms with Gasteiger partial charge in [-0.25, -0.2) is 9.78 Å². The lowest BCUT2D eigenvalue weighted by Gasteiger charge is -2.14. The van der Waals surface area contributed by atoms with Gasteiger partial charge in [0.1, 0.15) is 11.3 Å². The van der Waals surface area contributed by atoms with E-state index in [0.29, 0.717) is 38.6 Å². The maximum Gasteiger partial charge on any atom is 0.347 e. The van der Waals surface area contributed by atoms with Gasteiger partial charge in [-0.15, -0.1) is 0 Å². The number of aromatic nitrogens is 2. The van der Waals surface area contributed by atoms with Gasteiger partial charge in [0.25, 0.3) is 5.56 Å². The minimum absolute atomic E-state index is 0.259. The summed E-state index contributed by atoms with van der Waals surface area (Å²) in [6.07, 6.45) is 0.813. The Bertz CT molecular complexity index is 1760. The highest BCUT2D eigenvalue weighted by Crippen LogP contribution is 2.29. The summed E-state index contributed by atoms with van der Waals surface area (Å²) in [5, 5.41) is 6.28. The molecule has 0 aliphatic rings. The van der Waals surface area contributed by atoms with Crippen LogP contribution >= 0.6 is 34.2 Å². The zero-order valence-electron chi connectivity index (χ0n) is 20.4. The van der Waals surface area contributed by atoms with Crippen molar-refractivity contribution in [2.24, 2.45) is 5.10 Å². The zero-order chi connectivity index (χ0) is 26.8. The van der Waals surface area contributed by atoms with E-state index in [0.717, 1.165) is 8.96 Å². The Morgan fingerprint density at radius 1 is 1.18 bits per heavy atom. The molecule has 0 saturated heterocycles. The largest absolute Gasteiger partial charge is 0.478 e. The van der Waals surface area contributed by atoms with E-state index in [1.165, 1.54) is 4.68 Å². The van der Waals surface area contributed by atoms with Crippen molar-refractivity contribution in [3.8, 4) is 17.3 Å². The summed E-state index contributed by atoms with van der Waals surface area (Å²) in [5.41, 5.74) is 1.53. The van der Waals surface area contributed by atoms with Crippen molar-refractivity contribution >= 4 is 68.2 Å². The van der Waals surface area contributed by atoms with Crippen molar-refractivity contribution in [1.29, 1.82) is 0 Å². The van der Waals surface area contributed by atoms with Gasteiger partial charge in [0, 0.05) is 10.4 Å². The molecule has 0 aliphatic carbocycles. The summed E-state index contributed by atoms with van der Waals surface area (Å²) in [6.45, 7) is 3.66. The Kier molecular flexibility index (Phi) is 7.48. The van der Waals surface area contributed by atoms with Gasteiger partial charge in [0.15, 0.2) is 11.9 Å². The highest BCUT2D eigenvalue weighted by atomic mass is 127. The van der Waals surface area contributed by atoms with Crippen molar-refractivity contribution in [3.63, 3.8) is 0 Å². The summed E-state index contributed by atoms with van der Waals surface area (Å²) in [6, 6.07) is 19.5. The Morgan fingerprint density at radius 3 is 2.79 bits per heavy atom. The fourth-order valence-electron chi connectivity index (χ4n) is 3.83. The fourth-order valence-corrected chi connectivity index (χ4v) is 4.68. The lowest BCUT2D eigenvalue weighted by Crippen LogP contribution is -2.26. The van der Waals surface area contributed by atoms with Gasteiger partial charge in [-0.1, -0.05) is 23.7 Å². The average molecular weight is 642 g/mol. The first-order valence-corrected chi connectivity index (χ1v) is 13.2. The van der Waals surface area contributed by atoms with Crippen LogP contribution in [0.25, 0.3) is 33.5 Å². The predicted molar refractivity (Wildman–Crippen MR) is 155 cm³/mol. The molecule has 1 atom stereocenters. The quantitative estimate of drug-likeness (QED) is 0.118. The first-order valence-electron chi connectivity index (χ1n) is 11.7. The van der Waals surface area contributed by atoms with Gasteiger partial charge in [-0.2, -0.15) is 9.78 Å². The second-order valence-corrected chi connectivity index (χ2v) is 9.91. The van der Waals surface area contributed by atoms with Crippen LogP contribution in [0.1, 0.15) is 19.4 Å². The molecule has 8 nitrogen and oxygen atoms in total. The lowest BCUT2D eigenvalue weighted by atomic mass is 10.2. The third-order valence-corrected chi connectivity index (χ3v) is 6.73. The first kappa shape index (κ1) is 25.9. The smallest absolute Gasteiger partial charge is 0.347 e. The molecule has 0 N–H and O–H groups in total. The van der Waals surface area contributed by atoms with Gasteiger partial charge >= 0.3 is 5.97 Å². The normalized spacial score (nSPS) is 12.3. The zero-order valence-corrected chi connectivity index (χ0v) is 23.3. The van der Waals surface area contributed by atoms with Gasteiger partial charge in [-0.05, 0) is 96.6 Å². The molecule has 0 bridgehead atoms. The van der Waals surface area contributed by atoms with Crippen molar-refractivity contribution in [1.82, 2.24) is 9.66 Å². The highest BCUT2D eigenvalue weighted by Gasteiger charge is 2.18. The maximum absolute atomic E-state index is 13.5. The summed E-state index contributed by atoms with van der Waals surface area (Å²) < 4.78 is 18.7. The number of halogens is 2. The van der Waals surface area contributed by atoms with Crippen LogP contribution < -0.4 is 10.3 Å². The first-order chi connectivity index (χ1) is 18.3. The third-order valence-electron chi connectivity index (χ3n) is 5.65. The summed E-state index contributed by atoms with van der Waals surface area (Å²) in [4.78, 5) is 30.1. The van der Waals surface area contributed by atoms with Crippen molar-refractivity contribution in [3.05, 3.63) is 91.2 Å². The van der Waals surface area contributed by atoms with Crippen LogP contribution in [0.3, 0.4) is 0 Å². The highest BCUT2D eigenvalue weighted by molar-refractivity contribution is 14.1. The molecule has 2 aromatic heterocycles. The molecule has 0 saturated carbocycles. The lowest BCUT2D eigenvalue weighted by molar-refractivity contribution is -0.150. The Morgan fingerprint density at radius 2 is 2.00 bits per heavy atom. The molecule has 0 aliphatic heterocycles. The van der Waals surface area contributed by atoms with Crippen LogP contribution in [0, 0.1) is 3.57 Å². The van der Waals surface area contributed by atoms with E-state index < -0.39 is 12.1 Å². The number of hydrogen-bond acceptors (Lipinski definition) is 7. The molecule has 0 unspecified atom stereocenters. The number of hydrogen-bond donors (Lipinski definition) is 0. The number of benzene rings is 3. The van der Waals surface area contributed by atoms with Gasteiger partial charge < -0.3 is 13.9 Å². The molecule has 10 heteroatoms. The number of fused-ring (bicyclic) bond motifs is 2. The fraction of sp³-hybridized carbons (Fsp3) is 0.143. The molecule has 0 spiro atoms. The summed E-state index contributed by atoms with van der Waals surface area (Å²) >= 11 is 8.26. The topological polar surface area (TPSA) is 95.9 Å². The predicted octanol–water partition coefficient (Wildman–Crippen LogP) is 6.28. The van der Waals surface area contributed by atoms with E-state index in [1.807, 2.05) is 12.1 Å². The van der Waals surface area contributed by atoms with Crippen LogP contribution in [0.4, 0.5) is 0 Å². The number of esters is 1. The third kappa shape index (κ3) is 5.30. The van der Waals surface area contributed by atoms with E-state index >= 15 is 0 Å². The Balaban J connectivity index is 1.53. The van der Waals surface area contributed by atoms with Crippen molar-refractivity contribution < 1.29 is 18.7 Å². The number of nitrogens with zero attached hydrogens (tertiary/aromatic N) is 3. The van der Waals surface area contributed by atoms with E-state index in [9.17, 15) is 9.59 Å². The van der Waals surface area contributed by atoms with Gasteiger partial charge in [-0.3, -0.25) is 4.79 Å². The molecule has 0 amide bonds. The van der Waals surface area contributed by atoms with Crippen LogP contribution in [-0.4, -0.2) is 34.6 Å². The number of para-hydroxylation sites is 1. The van der Waals surface area contributed by atoms with E-state index in [2.05, 4.69) is 32.7 Å². The number of ether oxygens (including phenoxy) is 2. The molecule has 0 radical (unpaired) electrons. The van der Waals surface area contributed by atoms with E-state index in [4.69, 9.17) is 25.5 Å². The minimum atomic E-state index is -0.744. The van der Waals surface area contributed by atoms with Crippen LogP contribution in [-0.2, 0) is 9.53 Å². The average Bonchev–Trinajstić information content (AvgIpc) is 3.32. The second kappa shape index (κ2) is 11.0. The molecule has 192 valence electrons. The summed E-state index contributed by atoms with van der Waals surface area (Å²) in [5.74, 6) is 0.746. The molecule has 3 aromatic carbocycles. The standard InChI is InChI=1S/C28H21ClIN3O5/c1-3-36-28(35)16(2)37-24-10-8-17(12-21(24)30)15-31-33-26(32-22-7-5-4-6-20(22)27(33)34)25-14-18-13-19(29)9-11-23(18)38-25/h4-16H,3H2,1-2H3/t16-/m1/s1. The molecular formula is C28H21ClIN3O5. The molecule has 38 heavy (non-hydrogen) atoms. The molecule has 5 rings (SSSR count). The van der Waals surface area contributed by atoms with Crippen LogP contribution in [0.15, 0.2) is 81.0 Å². The second-order valence-electron chi connectivity index (χ2n) is 8.31. The van der Waals surface area contributed by atoms with Crippen LogP contribution in [0.5, 0.6) is 5.75 Å². The van der Waals surface area contributed by atoms with E-state index in [-0.39, 0.29) is 18.0 Å². The number of carbonyl (C=O) groups is 1. The Hall–Kier alpha value is -3.70. The molecular weight excluding hydrogens is 621 g/mol. The molecule has 5 aromatic rings. The number of furan rings is 1. The van der Waals surface area contributed by atoms with Crippen LogP contribution in [0.2, 0.25) is 5.02 Å². The maximum atomic E-state index is 13.5. The van der Waals surface area contributed by atoms with E-state index in [1.54, 1.807) is 74.7 Å². The van der Waals surface area contributed by atoms with Crippen molar-refractivity contribution in [2.75, 3.05) is 6.61 Å². The molecule has 2 heterocycles.